The molecular formula is C14H15FN2O. The van der Waals surface area contributed by atoms with Gasteiger partial charge in [-0.2, -0.15) is 0 Å². The summed E-state index contributed by atoms with van der Waals surface area (Å²) in [6, 6.07) is 11.8. The van der Waals surface area contributed by atoms with E-state index in [1.807, 2.05) is 12.1 Å². The van der Waals surface area contributed by atoms with E-state index in [9.17, 15) is 4.39 Å². The van der Waals surface area contributed by atoms with Gasteiger partial charge in [0.1, 0.15) is 11.6 Å². The number of nitrogens with one attached hydrogen (secondary N) is 1. The minimum absolute atomic E-state index is 0.234. The third kappa shape index (κ3) is 2.91. The first kappa shape index (κ1) is 12.2. The van der Waals surface area contributed by atoms with E-state index in [-0.39, 0.29) is 5.82 Å². The summed E-state index contributed by atoms with van der Waals surface area (Å²) in [5, 5.41) is 3.20. The first-order valence-corrected chi connectivity index (χ1v) is 5.61. The summed E-state index contributed by atoms with van der Waals surface area (Å²) < 4.78 is 17.8. The molecule has 0 spiro atoms. The van der Waals surface area contributed by atoms with Crippen LogP contribution in [0, 0.1) is 5.82 Å². The number of hydrogen-bond donors (Lipinski definition) is 2. The maximum atomic E-state index is 12.7. The quantitative estimate of drug-likeness (QED) is 0.815. The third-order valence-electron chi connectivity index (χ3n) is 2.65. The van der Waals surface area contributed by atoms with Crippen LogP contribution in [-0.2, 0) is 6.54 Å². The number of ether oxygens (including phenoxy) is 1. The first-order chi connectivity index (χ1) is 8.69. The zero-order valence-corrected chi connectivity index (χ0v) is 10.1. The highest BCUT2D eigenvalue weighted by molar-refractivity contribution is 5.68. The van der Waals surface area contributed by atoms with Crippen molar-refractivity contribution in [1.29, 1.82) is 0 Å². The van der Waals surface area contributed by atoms with Crippen molar-refractivity contribution in [3.05, 3.63) is 53.8 Å². The van der Waals surface area contributed by atoms with E-state index in [1.165, 1.54) is 12.1 Å². The number of nitrogens with two attached hydrogens (primary N) is 1. The van der Waals surface area contributed by atoms with Gasteiger partial charge >= 0.3 is 0 Å². The smallest absolute Gasteiger partial charge is 0.123 e. The van der Waals surface area contributed by atoms with Crippen LogP contribution in [0.1, 0.15) is 5.56 Å². The van der Waals surface area contributed by atoms with Crippen molar-refractivity contribution in [1.82, 2.24) is 0 Å². The molecular weight excluding hydrogens is 231 g/mol. The van der Waals surface area contributed by atoms with Crippen molar-refractivity contribution in [2.75, 3.05) is 18.2 Å². The summed E-state index contributed by atoms with van der Waals surface area (Å²) in [4.78, 5) is 0. The fourth-order valence-corrected chi connectivity index (χ4v) is 1.63. The summed E-state index contributed by atoms with van der Waals surface area (Å²) in [6.07, 6.45) is 0. The number of rotatable bonds is 4. The number of methoxy groups -OCH3 is 1. The van der Waals surface area contributed by atoms with Crippen LogP contribution < -0.4 is 15.8 Å². The predicted octanol–water partition coefficient (Wildman–Crippen LogP) is 3.03. The predicted molar refractivity (Wildman–Crippen MR) is 71.1 cm³/mol. The molecule has 2 aromatic rings. The van der Waals surface area contributed by atoms with Crippen LogP contribution in [0.15, 0.2) is 42.5 Å². The Labute approximate surface area is 105 Å². The summed E-state index contributed by atoms with van der Waals surface area (Å²) in [6.45, 7) is 0.594. The molecule has 0 bridgehead atoms. The summed E-state index contributed by atoms with van der Waals surface area (Å²) in [5.41, 5.74) is 8.33. The molecule has 3 N–H and O–H groups in total. The molecule has 0 aliphatic rings. The van der Waals surface area contributed by atoms with E-state index in [4.69, 9.17) is 10.5 Å². The minimum atomic E-state index is -0.234. The molecule has 94 valence electrons. The lowest BCUT2D eigenvalue weighted by Crippen LogP contribution is -2.02. The van der Waals surface area contributed by atoms with E-state index in [0.717, 1.165) is 17.0 Å². The molecule has 2 aromatic carbocycles. The normalized spacial score (nSPS) is 10.1. The van der Waals surface area contributed by atoms with E-state index >= 15 is 0 Å². The lowest BCUT2D eigenvalue weighted by molar-refractivity contribution is 0.415. The molecule has 4 heteroatoms. The van der Waals surface area contributed by atoms with Gasteiger partial charge in [-0.1, -0.05) is 12.1 Å². The van der Waals surface area contributed by atoms with Gasteiger partial charge in [0, 0.05) is 12.6 Å². The Kier molecular flexibility index (Phi) is 3.67. The minimum Gasteiger partial charge on any atom is -0.497 e. The largest absolute Gasteiger partial charge is 0.497 e. The zero-order chi connectivity index (χ0) is 13.0. The number of hydrogen-bond acceptors (Lipinski definition) is 3. The number of anilines is 2. The van der Waals surface area contributed by atoms with E-state index < -0.39 is 0 Å². The summed E-state index contributed by atoms with van der Waals surface area (Å²) in [7, 11) is 1.60. The highest BCUT2D eigenvalue weighted by Crippen LogP contribution is 2.24. The Hall–Kier alpha value is -2.23. The fourth-order valence-electron chi connectivity index (χ4n) is 1.63. The Morgan fingerprint density at radius 2 is 1.89 bits per heavy atom. The highest BCUT2D eigenvalue weighted by Gasteiger charge is 2.01. The van der Waals surface area contributed by atoms with E-state index in [0.29, 0.717) is 12.2 Å². The van der Waals surface area contributed by atoms with Crippen LogP contribution in [0.3, 0.4) is 0 Å². The van der Waals surface area contributed by atoms with Crippen molar-refractivity contribution in [3.8, 4) is 5.75 Å². The summed E-state index contributed by atoms with van der Waals surface area (Å²) in [5.74, 6) is 0.488. The van der Waals surface area contributed by atoms with Crippen molar-refractivity contribution < 1.29 is 9.13 Å². The zero-order valence-electron chi connectivity index (χ0n) is 10.1. The first-order valence-electron chi connectivity index (χ1n) is 5.61. The third-order valence-corrected chi connectivity index (χ3v) is 2.65. The molecule has 0 amide bonds. The molecule has 0 saturated carbocycles. The standard InChI is InChI=1S/C14H15FN2O/c1-18-12-6-7-14(13(16)8-12)17-9-10-2-4-11(15)5-3-10/h2-8,17H,9,16H2,1H3. The monoisotopic (exact) mass is 246 g/mol. The van der Waals surface area contributed by atoms with Gasteiger partial charge in [0.15, 0.2) is 0 Å². The molecule has 0 aliphatic heterocycles. The lowest BCUT2D eigenvalue weighted by Gasteiger charge is -2.10. The molecule has 2 rings (SSSR count). The second-order valence-electron chi connectivity index (χ2n) is 3.93. The highest BCUT2D eigenvalue weighted by atomic mass is 19.1. The molecule has 0 atom stereocenters. The number of nitrogen functional groups attached to an aromatic ring is 1. The van der Waals surface area contributed by atoms with Gasteiger partial charge in [-0.15, -0.1) is 0 Å². The maximum absolute atomic E-state index is 12.7. The second-order valence-corrected chi connectivity index (χ2v) is 3.93. The number of halogens is 1. The maximum Gasteiger partial charge on any atom is 0.123 e. The fraction of sp³-hybridized carbons (Fsp3) is 0.143. The van der Waals surface area contributed by atoms with Crippen LogP contribution in [0.5, 0.6) is 5.75 Å². The van der Waals surface area contributed by atoms with E-state index in [2.05, 4.69) is 5.32 Å². The van der Waals surface area contributed by atoms with Crippen LogP contribution in [0.25, 0.3) is 0 Å². The van der Waals surface area contributed by atoms with Crippen LogP contribution in [-0.4, -0.2) is 7.11 Å². The van der Waals surface area contributed by atoms with Crippen molar-refractivity contribution >= 4 is 11.4 Å². The Morgan fingerprint density at radius 1 is 1.17 bits per heavy atom. The van der Waals surface area contributed by atoms with Crippen molar-refractivity contribution in [2.45, 2.75) is 6.54 Å². The van der Waals surface area contributed by atoms with Gasteiger partial charge in [0.25, 0.3) is 0 Å². The van der Waals surface area contributed by atoms with Gasteiger partial charge < -0.3 is 15.8 Å². The van der Waals surface area contributed by atoms with Gasteiger partial charge in [0.05, 0.1) is 18.5 Å². The molecule has 0 aliphatic carbocycles. The number of benzene rings is 2. The van der Waals surface area contributed by atoms with Gasteiger partial charge in [-0.3, -0.25) is 0 Å². The molecule has 0 radical (unpaired) electrons. The Morgan fingerprint density at radius 3 is 2.50 bits per heavy atom. The Bertz CT molecular complexity index is 526. The summed E-state index contributed by atoms with van der Waals surface area (Å²) >= 11 is 0. The van der Waals surface area contributed by atoms with Gasteiger partial charge in [-0.25, -0.2) is 4.39 Å². The average molecular weight is 246 g/mol. The van der Waals surface area contributed by atoms with Crippen LogP contribution in [0.4, 0.5) is 15.8 Å². The van der Waals surface area contributed by atoms with Crippen molar-refractivity contribution in [3.63, 3.8) is 0 Å². The average Bonchev–Trinajstić information content (AvgIpc) is 2.39. The van der Waals surface area contributed by atoms with Gasteiger partial charge in [0.2, 0.25) is 0 Å². The van der Waals surface area contributed by atoms with Gasteiger partial charge in [-0.05, 0) is 29.8 Å². The molecule has 0 fully saturated rings. The molecule has 18 heavy (non-hydrogen) atoms. The molecule has 0 heterocycles. The lowest BCUT2D eigenvalue weighted by atomic mass is 10.2. The molecule has 0 unspecified atom stereocenters. The molecule has 3 nitrogen and oxygen atoms in total. The van der Waals surface area contributed by atoms with E-state index in [1.54, 1.807) is 25.3 Å². The SMILES string of the molecule is COc1ccc(NCc2ccc(F)cc2)c(N)c1. The van der Waals surface area contributed by atoms with Crippen molar-refractivity contribution in [2.24, 2.45) is 0 Å². The second kappa shape index (κ2) is 5.40. The molecule has 0 aromatic heterocycles. The van der Waals surface area contributed by atoms with Crippen LogP contribution >= 0.6 is 0 Å². The molecule has 0 saturated heterocycles. The Balaban J connectivity index is 2.04. The van der Waals surface area contributed by atoms with Crippen LogP contribution in [0.2, 0.25) is 0 Å². The topological polar surface area (TPSA) is 47.3 Å².